The van der Waals surface area contributed by atoms with Crippen molar-refractivity contribution in [3.05, 3.63) is 76.4 Å². The van der Waals surface area contributed by atoms with Crippen LogP contribution in [0.1, 0.15) is 30.5 Å². The first-order chi connectivity index (χ1) is 22.8. The molecular weight excluding hydrogens is 610 g/mol. The van der Waals surface area contributed by atoms with E-state index >= 15 is 0 Å². The van der Waals surface area contributed by atoms with Gasteiger partial charge < -0.3 is 43.2 Å². The van der Waals surface area contributed by atoms with Crippen LogP contribution in [0.25, 0.3) is 5.57 Å². The Bertz CT molecular complexity index is 1560. The van der Waals surface area contributed by atoms with Gasteiger partial charge in [-0.1, -0.05) is 26.0 Å². The smallest absolute Gasteiger partial charge is 0.298 e. The molecule has 1 N–H and O–H groups in total. The number of hydrogen-bond acceptors (Lipinski definition) is 12. The van der Waals surface area contributed by atoms with Crippen LogP contribution in [0.2, 0.25) is 0 Å². The molecule has 2 aliphatic carbocycles. The fraction of sp³-hybridized carbons (Fsp3) is 0.400. The summed E-state index contributed by atoms with van der Waals surface area (Å²) < 4.78 is 39.6. The van der Waals surface area contributed by atoms with Crippen molar-refractivity contribution in [3.8, 4) is 17.2 Å². The van der Waals surface area contributed by atoms with Crippen LogP contribution < -0.4 is 14.4 Å². The van der Waals surface area contributed by atoms with E-state index in [1.54, 1.807) is 41.3 Å². The Labute approximate surface area is 273 Å². The Hall–Kier alpha value is -4.49. The number of hydrogen-bond donors (Lipinski definition) is 1. The third-order valence-electron chi connectivity index (χ3n) is 8.13. The number of rotatable bonds is 6. The zero-order valence-electron chi connectivity index (χ0n) is 26.5. The van der Waals surface area contributed by atoms with Crippen LogP contribution in [0.15, 0.2) is 59.7 Å². The number of ether oxygens (including phenoxy) is 7. The van der Waals surface area contributed by atoms with E-state index in [9.17, 15) is 19.5 Å². The summed E-state index contributed by atoms with van der Waals surface area (Å²) in [5, 5.41) is 10.5. The molecule has 1 heterocycles. The van der Waals surface area contributed by atoms with E-state index in [0.717, 1.165) is 22.3 Å². The number of aromatic hydroxyl groups is 1. The fourth-order valence-electron chi connectivity index (χ4n) is 5.88. The molecule has 0 atom stereocenters. The lowest BCUT2D eigenvalue weighted by Crippen LogP contribution is -2.31. The fourth-order valence-corrected chi connectivity index (χ4v) is 5.88. The van der Waals surface area contributed by atoms with Gasteiger partial charge in [0.15, 0.2) is 12.5 Å². The number of nitrogens with zero attached hydrogens (tertiary/aromatic N) is 1. The molecule has 0 saturated carbocycles. The maximum absolute atomic E-state index is 12.6. The molecule has 47 heavy (non-hydrogen) atoms. The largest absolute Gasteiger partial charge is 0.508 e. The minimum Gasteiger partial charge on any atom is -0.508 e. The van der Waals surface area contributed by atoms with Crippen LogP contribution in [0.4, 0.5) is 5.69 Å². The Balaban J connectivity index is 1.65. The lowest BCUT2D eigenvalue weighted by molar-refractivity contribution is -0.128. The van der Waals surface area contributed by atoms with Crippen molar-refractivity contribution in [3.63, 3.8) is 0 Å². The molecular formula is C35H39NO11. The average Bonchev–Trinajstić information content (AvgIpc) is 3.05. The van der Waals surface area contributed by atoms with Crippen molar-refractivity contribution in [2.75, 3.05) is 77.6 Å². The Morgan fingerprint density at radius 3 is 2.21 bits per heavy atom. The summed E-state index contributed by atoms with van der Waals surface area (Å²) in [5.74, 6) is 0.531. The highest BCUT2D eigenvalue weighted by Gasteiger charge is 2.39. The quantitative estimate of drug-likeness (QED) is 0.459. The van der Waals surface area contributed by atoms with Crippen LogP contribution in [0, 0.1) is 0 Å². The topological polar surface area (TPSA) is 139 Å². The molecule has 2 aromatic carbocycles. The molecule has 0 saturated heterocycles. The number of allylic oxidation sites excluding steroid dienone is 5. The maximum atomic E-state index is 12.6. The molecule has 5 rings (SSSR count). The van der Waals surface area contributed by atoms with Crippen LogP contribution in [0.3, 0.4) is 0 Å². The number of phenols is 1. The summed E-state index contributed by atoms with van der Waals surface area (Å²) in [7, 11) is 0. The van der Waals surface area contributed by atoms with Crippen molar-refractivity contribution >= 4 is 30.0 Å². The maximum Gasteiger partial charge on any atom is 0.298 e. The highest BCUT2D eigenvalue weighted by molar-refractivity contribution is 6.06. The Morgan fingerprint density at radius 2 is 1.53 bits per heavy atom. The first-order valence-corrected chi connectivity index (χ1v) is 15.4. The van der Waals surface area contributed by atoms with Crippen molar-refractivity contribution in [1.29, 1.82) is 0 Å². The number of fused-ring (bicyclic) bond motifs is 3. The molecule has 2 aromatic rings. The molecule has 0 spiro atoms. The highest BCUT2D eigenvalue weighted by Crippen LogP contribution is 2.53. The van der Waals surface area contributed by atoms with Gasteiger partial charge in [-0.15, -0.1) is 0 Å². The summed E-state index contributed by atoms with van der Waals surface area (Å²) in [4.78, 5) is 37.5. The van der Waals surface area contributed by atoms with E-state index in [0.29, 0.717) is 81.7 Å². The van der Waals surface area contributed by atoms with Gasteiger partial charge in [0.2, 0.25) is 0 Å². The lowest BCUT2D eigenvalue weighted by atomic mass is 9.64. The first kappa shape index (κ1) is 33.9. The predicted octanol–water partition coefficient (Wildman–Crippen LogP) is 3.48. The van der Waals surface area contributed by atoms with E-state index in [2.05, 4.69) is 0 Å². The van der Waals surface area contributed by atoms with E-state index in [1.807, 2.05) is 19.9 Å². The summed E-state index contributed by atoms with van der Waals surface area (Å²) in [5.41, 5.74) is 4.15. The summed E-state index contributed by atoms with van der Waals surface area (Å²) in [6, 6.07) is 8.50. The minimum absolute atomic E-state index is 0.0811. The number of anilines is 1. The number of benzene rings is 2. The Morgan fingerprint density at radius 1 is 0.851 bits per heavy atom. The molecule has 0 bridgehead atoms. The molecule has 250 valence electrons. The number of ketones is 1. The summed E-state index contributed by atoms with van der Waals surface area (Å²) in [6.07, 6.45) is 4.85. The standard InChI is InChI=1S/C35H39NO11/c1-35(2)29-17-24(39)3-5-26(29)34(27-6-4-25(40)18-30(27)35)28-19-33-31(20-32(28)47-23-38)36(21-45-22-37)7-8-41-9-10-42-11-12-43-13-14-44-15-16-46-33/h3-6,17-20,22-23,39H,7-16,21H2,1-2H3. The number of carbonyl (C=O) groups excluding carboxylic acids is 3. The summed E-state index contributed by atoms with van der Waals surface area (Å²) in [6.45, 7) is 7.92. The van der Waals surface area contributed by atoms with Gasteiger partial charge in [0, 0.05) is 29.2 Å². The monoisotopic (exact) mass is 649 g/mol. The molecule has 3 aliphatic rings. The first-order valence-electron chi connectivity index (χ1n) is 15.4. The number of carbonyl (C=O) groups is 3. The second-order valence-electron chi connectivity index (χ2n) is 11.4. The Kier molecular flexibility index (Phi) is 11.4. The van der Waals surface area contributed by atoms with Gasteiger partial charge in [-0.3, -0.25) is 14.4 Å². The van der Waals surface area contributed by atoms with E-state index in [-0.39, 0.29) is 43.8 Å². The zero-order chi connectivity index (χ0) is 33.2. The molecule has 0 amide bonds. The SMILES string of the molecule is CC1(C)C2=CC(=O)C=CC2=C(c2cc3c(cc2OC=O)N(COC=O)CCOCCOCCOCCOCCO3)c2ccc(O)cc21. The van der Waals surface area contributed by atoms with Crippen molar-refractivity contribution in [2.45, 2.75) is 19.3 Å². The van der Waals surface area contributed by atoms with Crippen molar-refractivity contribution in [2.24, 2.45) is 0 Å². The zero-order valence-corrected chi connectivity index (χ0v) is 26.5. The van der Waals surface area contributed by atoms with Gasteiger partial charge in [-0.05, 0) is 52.6 Å². The third-order valence-corrected chi connectivity index (χ3v) is 8.13. The third kappa shape index (κ3) is 7.91. The van der Waals surface area contributed by atoms with Gasteiger partial charge >= 0.3 is 0 Å². The number of phenolic OH excluding ortho intramolecular Hbond substituents is 1. The van der Waals surface area contributed by atoms with E-state index < -0.39 is 5.41 Å². The lowest BCUT2D eigenvalue weighted by Gasteiger charge is -2.39. The van der Waals surface area contributed by atoms with Crippen LogP contribution >= 0.6 is 0 Å². The molecule has 1 aliphatic heterocycles. The summed E-state index contributed by atoms with van der Waals surface area (Å²) >= 11 is 0. The molecule has 0 fully saturated rings. The second kappa shape index (κ2) is 15.9. The average molecular weight is 650 g/mol. The molecule has 0 aromatic heterocycles. The molecule has 12 nitrogen and oxygen atoms in total. The van der Waals surface area contributed by atoms with Crippen LogP contribution in [0.5, 0.6) is 17.2 Å². The second-order valence-corrected chi connectivity index (χ2v) is 11.4. The van der Waals surface area contributed by atoms with Gasteiger partial charge in [-0.25, -0.2) is 0 Å². The van der Waals surface area contributed by atoms with Crippen molar-refractivity contribution < 1.29 is 52.6 Å². The minimum atomic E-state index is -0.631. The normalized spacial score (nSPS) is 19.1. The van der Waals surface area contributed by atoms with Crippen LogP contribution in [-0.4, -0.2) is 96.6 Å². The van der Waals surface area contributed by atoms with Crippen molar-refractivity contribution in [1.82, 2.24) is 0 Å². The van der Waals surface area contributed by atoms with Crippen LogP contribution in [-0.2, 0) is 43.5 Å². The molecule has 0 radical (unpaired) electrons. The predicted molar refractivity (Wildman–Crippen MR) is 171 cm³/mol. The van der Waals surface area contributed by atoms with Gasteiger partial charge in [0.05, 0.1) is 58.5 Å². The van der Waals surface area contributed by atoms with E-state index in [1.165, 1.54) is 6.08 Å². The molecule has 12 heteroatoms. The molecule has 0 unspecified atom stereocenters. The van der Waals surface area contributed by atoms with E-state index in [4.69, 9.17) is 33.2 Å². The van der Waals surface area contributed by atoms with Gasteiger partial charge in [-0.2, -0.15) is 0 Å². The highest BCUT2D eigenvalue weighted by atomic mass is 16.6. The van der Waals surface area contributed by atoms with Gasteiger partial charge in [0.1, 0.15) is 23.9 Å². The van der Waals surface area contributed by atoms with Gasteiger partial charge in [0.25, 0.3) is 12.9 Å².